The highest BCUT2D eigenvalue weighted by atomic mass is 19.3. The lowest BCUT2D eigenvalue weighted by atomic mass is 9.97. The molecule has 1 rings (SSSR count). The molecule has 2 amide bonds. The van der Waals surface area contributed by atoms with Crippen LogP contribution in [0.1, 0.15) is 12.8 Å². The van der Waals surface area contributed by atoms with Gasteiger partial charge in [-0.25, -0.2) is 13.6 Å². The number of carbonyl (C=O) groups is 2. The number of nitrogens with zero attached hydrogens (tertiary/aromatic N) is 1. The summed E-state index contributed by atoms with van der Waals surface area (Å²) in [6.07, 6.45) is -1.82. The first-order valence-electron chi connectivity index (χ1n) is 5.04. The van der Waals surface area contributed by atoms with Crippen molar-refractivity contribution < 1.29 is 23.5 Å². The van der Waals surface area contributed by atoms with Crippen molar-refractivity contribution in [1.82, 2.24) is 10.2 Å². The first-order chi connectivity index (χ1) is 7.50. The highest BCUT2D eigenvalue weighted by Gasteiger charge is 2.26. The molecule has 92 valence electrons. The summed E-state index contributed by atoms with van der Waals surface area (Å²) in [5.74, 6) is -1.30. The highest BCUT2D eigenvalue weighted by Crippen LogP contribution is 2.17. The number of carboxylic acids is 1. The van der Waals surface area contributed by atoms with Crippen LogP contribution in [-0.4, -0.2) is 48.1 Å². The van der Waals surface area contributed by atoms with Gasteiger partial charge in [-0.05, 0) is 12.8 Å². The number of rotatable bonds is 3. The summed E-state index contributed by atoms with van der Waals surface area (Å²) in [5, 5.41) is 10.8. The number of likely N-dealkylation sites (tertiary alicyclic amines) is 1. The van der Waals surface area contributed by atoms with E-state index in [1.807, 2.05) is 0 Å². The van der Waals surface area contributed by atoms with Gasteiger partial charge in [-0.1, -0.05) is 0 Å². The molecule has 0 spiro atoms. The van der Waals surface area contributed by atoms with E-state index < -0.39 is 30.9 Å². The van der Waals surface area contributed by atoms with Gasteiger partial charge in [0.1, 0.15) is 0 Å². The Labute approximate surface area is 91.4 Å². The van der Waals surface area contributed by atoms with Gasteiger partial charge in [0.15, 0.2) is 0 Å². The van der Waals surface area contributed by atoms with E-state index in [9.17, 15) is 18.4 Å². The number of urea groups is 1. The lowest BCUT2D eigenvalue weighted by Gasteiger charge is -2.30. The average molecular weight is 236 g/mol. The molecule has 1 fully saturated rings. The van der Waals surface area contributed by atoms with Crippen molar-refractivity contribution in [3.8, 4) is 0 Å². The second kappa shape index (κ2) is 5.62. The normalized spacial score (nSPS) is 17.6. The number of nitrogens with one attached hydrogen (secondary N) is 1. The van der Waals surface area contributed by atoms with Gasteiger partial charge in [-0.15, -0.1) is 0 Å². The number of amides is 2. The predicted octanol–water partition coefficient (Wildman–Crippen LogP) is 0.758. The number of piperidine rings is 1. The number of aliphatic carboxylic acids is 1. The standard InChI is InChI=1S/C9H14F2N2O3/c10-7(11)5-12-9(16)13-3-1-6(2-4-13)8(14)15/h6-7H,1-5H2,(H,12,16)(H,14,15). The molecule has 0 aromatic rings. The zero-order valence-corrected chi connectivity index (χ0v) is 8.66. The van der Waals surface area contributed by atoms with Crippen LogP contribution in [0, 0.1) is 5.92 Å². The van der Waals surface area contributed by atoms with Gasteiger partial charge >= 0.3 is 12.0 Å². The minimum absolute atomic E-state index is 0.298. The van der Waals surface area contributed by atoms with E-state index in [-0.39, 0.29) is 0 Å². The third-order valence-corrected chi connectivity index (χ3v) is 2.54. The van der Waals surface area contributed by atoms with Gasteiger partial charge in [0.2, 0.25) is 0 Å². The van der Waals surface area contributed by atoms with Crippen molar-refractivity contribution in [2.75, 3.05) is 19.6 Å². The Hall–Kier alpha value is -1.40. The van der Waals surface area contributed by atoms with Crippen molar-refractivity contribution in [2.45, 2.75) is 19.3 Å². The maximum absolute atomic E-state index is 11.8. The molecule has 1 heterocycles. The monoisotopic (exact) mass is 236 g/mol. The van der Waals surface area contributed by atoms with Crippen LogP contribution in [-0.2, 0) is 4.79 Å². The molecule has 1 aliphatic rings. The number of halogens is 2. The summed E-state index contributed by atoms with van der Waals surface area (Å²) in [5.41, 5.74) is 0. The number of carboxylic acid groups (broad SMARTS) is 1. The molecule has 0 atom stereocenters. The van der Waals surface area contributed by atoms with Crippen LogP contribution in [0.15, 0.2) is 0 Å². The predicted molar refractivity (Wildman–Crippen MR) is 51.3 cm³/mol. The van der Waals surface area contributed by atoms with E-state index in [0.717, 1.165) is 0 Å². The van der Waals surface area contributed by atoms with Crippen molar-refractivity contribution >= 4 is 12.0 Å². The molecule has 1 saturated heterocycles. The van der Waals surface area contributed by atoms with E-state index in [0.29, 0.717) is 25.9 Å². The first kappa shape index (κ1) is 12.7. The Morgan fingerprint density at radius 1 is 1.38 bits per heavy atom. The molecule has 0 unspecified atom stereocenters. The van der Waals surface area contributed by atoms with Crippen molar-refractivity contribution in [2.24, 2.45) is 5.92 Å². The molecule has 1 aliphatic heterocycles. The summed E-state index contributed by atoms with van der Waals surface area (Å²) in [7, 11) is 0. The summed E-state index contributed by atoms with van der Waals surface area (Å²) < 4.78 is 23.6. The van der Waals surface area contributed by atoms with Crippen LogP contribution in [0.4, 0.5) is 13.6 Å². The van der Waals surface area contributed by atoms with Gasteiger partial charge in [0, 0.05) is 13.1 Å². The molecule has 0 aromatic heterocycles. The number of alkyl halides is 2. The molecule has 2 N–H and O–H groups in total. The first-order valence-corrected chi connectivity index (χ1v) is 5.04. The zero-order valence-electron chi connectivity index (χ0n) is 8.66. The highest BCUT2D eigenvalue weighted by molar-refractivity contribution is 5.75. The fraction of sp³-hybridized carbons (Fsp3) is 0.778. The maximum Gasteiger partial charge on any atom is 0.317 e. The van der Waals surface area contributed by atoms with Gasteiger partial charge in [0.25, 0.3) is 6.43 Å². The third kappa shape index (κ3) is 3.63. The Kier molecular flexibility index (Phi) is 4.45. The molecule has 5 nitrogen and oxygen atoms in total. The van der Waals surface area contributed by atoms with Crippen LogP contribution >= 0.6 is 0 Å². The number of hydrogen-bond donors (Lipinski definition) is 2. The zero-order chi connectivity index (χ0) is 12.1. The van der Waals surface area contributed by atoms with E-state index in [2.05, 4.69) is 5.32 Å². The Balaban J connectivity index is 2.30. The lowest BCUT2D eigenvalue weighted by Crippen LogP contribution is -2.46. The summed E-state index contributed by atoms with van der Waals surface area (Å²) in [6, 6.07) is -0.552. The van der Waals surface area contributed by atoms with Crippen LogP contribution in [0.3, 0.4) is 0 Å². The van der Waals surface area contributed by atoms with Gasteiger partial charge in [-0.2, -0.15) is 0 Å². The van der Waals surface area contributed by atoms with Crippen molar-refractivity contribution in [1.29, 1.82) is 0 Å². The van der Waals surface area contributed by atoms with Crippen LogP contribution < -0.4 is 5.32 Å². The van der Waals surface area contributed by atoms with Crippen molar-refractivity contribution in [3.63, 3.8) is 0 Å². The topological polar surface area (TPSA) is 69.6 Å². The van der Waals surface area contributed by atoms with Crippen LogP contribution in [0.5, 0.6) is 0 Å². The molecule has 0 radical (unpaired) electrons. The molecular formula is C9H14F2N2O3. The average Bonchev–Trinajstić information content (AvgIpc) is 2.26. The van der Waals surface area contributed by atoms with Gasteiger partial charge in [-0.3, -0.25) is 4.79 Å². The minimum Gasteiger partial charge on any atom is -0.481 e. The molecular weight excluding hydrogens is 222 g/mol. The van der Waals surface area contributed by atoms with E-state index >= 15 is 0 Å². The molecule has 16 heavy (non-hydrogen) atoms. The Bertz CT molecular complexity index is 265. The molecule has 0 saturated carbocycles. The third-order valence-electron chi connectivity index (χ3n) is 2.54. The Morgan fingerprint density at radius 2 is 1.94 bits per heavy atom. The van der Waals surface area contributed by atoms with Crippen LogP contribution in [0.25, 0.3) is 0 Å². The second-order valence-electron chi connectivity index (χ2n) is 3.68. The number of hydrogen-bond acceptors (Lipinski definition) is 2. The fourth-order valence-corrected chi connectivity index (χ4v) is 1.61. The summed E-state index contributed by atoms with van der Waals surface area (Å²) in [4.78, 5) is 23.3. The maximum atomic E-state index is 11.8. The molecule has 7 heteroatoms. The van der Waals surface area contributed by atoms with Crippen LogP contribution in [0.2, 0.25) is 0 Å². The van der Waals surface area contributed by atoms with Crippen molar-refractivity contribution in [3.05, 3.63) is 0 Å². The Morgan fingerprint density at radius 3 is 2.38 bits per heavy atom. The molecule has 0 aliphatic carbocycles. The largest absolute Gasteiger partial charge is 0.481 e. The summed E-state index contributed by atoms with van der Waals surface area (Å²) >= 11 is 0. The quantitative estimate of drug-likeness (QED) is 0.760. The molecule has 0 aromatic carbocycles. The number of carbonyl (C=O) groups excluding carboxylic acids is 1. The smallest absolute Gasteiger partial charge is 0.317 e. The fourth-order valence-electron chi connectivity index (χ4n) is 1.61. The second-order valence-corrected chi connectivity index (χ2v) is 3.68. The minimum atomic E-state index is -2.57. The summed E-state index contributed by atoms with van der Waals surface area (Å²) in [6.45, 7) is -0.0736. The molecule has 0 bridgehead atoms. The van der Waals surface area contributed by atoms with Gasteiger partial charge < -0.3 is 15.3 Å². The SMILES string of the molecule is O=C(O)C1CCN(C(=O)NCC(F)F)CC1. The van der Waals surface area contributed by atoms with E-state index in [1.165, 1.54) is 4.90 Å². The van der Waals surface area contributed by atoms with Gasteiger partial charge in [0.05, 0.1) is 12.5 Å². The van der Waals surface area contributed by atoms with E-state index in [1.54, 1.807) is 0 Å². The lowest BCUT2D eigenvalue weighted by molar-refractivity contribution is -0.143. The van der Waals surface area contributed by atoms with E-state index in [4.69, 9.17) is 5.11 Å².